The fourth-order valence-corrected chi connectivity index (χ4v) is 9.48. The number of carbonyl (C=O) groups is 2. The number of ether oxygens (including phenoxy) is 10. The Morgan fingerprint density at radius 1 is 0.443 bits per heavy atom. The number of esters is 2. The number of hydrogen-bond acceptors (Lipinski definition) is 31. The molecule has 1 aliphatic carbocycles. The molecule has 31 nitrogen and oxygen atoms in total. The number of fused-ring (bicyclic) bond motifs is 1. The van der Waals surface area contributed by atoms with Crippen molar-refractivity contribution >= 4 is 24.1 Å². The van der Waals surface area contributed by atoms with Gasteiger partial charge in [-0.25, -0.2) is 9.59 Å². The number of aliphatic hydroxyl groups excluding tert-OH is 14. The third kappa shape index (κ3) is 14.4. The molecule has 5 heterocycles. The zero-order chi connectivity index (χ0) is 63.4. The molecule has 0 saturated carbocycles. The lowest BCUT2D eigenvalue weighted by molar-refractivity contribution is -0.279. The first kappa shape index (κ1) is 64.9. The highest BCUT2D eigenvalue weighted by Crippen LogP contribution is 2.47. The predicted octanol–water partition coefficient (Wildman–Crippen LogP) is -4.23. The van der Waals surface area contributed by atoms with Gasteiger partial charge in [0.05, 0.1) is 18.8 Å². The number of aromatic hydroxyl groups is 3. The Morgan fingerprint density at radius 3 is 1.23 bits per heavy atom. The molecule has 9 rings (SSSR count). The molecule has 20 atom stereocenters. The summed E-state index contributed by atoms with van der Waals surface area (Å²) in [5, 5.41) is 182. The summed E-state index contributed by atoms with van der Waals surface area (Å²) in [6.07, 6.45) is -34.4. The monoisotopic (exact) mass is 1240 g/mol. The number of aliphatic hydroxyl groups is 14. The van der Waals surface area contributed by atoms with Gasteiger partial charge in [-0.15, -0.1) is 0 Å². The van der Waals surface area contributed by atoms with Gasteiger partial charge in [0.25, 0.3) is 0 Å². The molecule has 0 amide bonds. The minimum atomic E-state index is -2.21. The Hall–Kier alpha value is -7.61. The van der Waals surface area contributed by atoms with Crippen LogP contribution in [0.4, 0.5) is 0 Å². The molecule has 3 aromatic carbocycles. The van der Waals surface area contributed by atoms with Crippen LogP contribution in [0.25, 0.3) is 34.8 Å². The zero-order valence-electron chi connectivity index (χ0n) is 45.5. The first-order chi connectivity index (χ1) is 41.9. The Bertz CT molecular complexity index is 3150. The fourth-order valence-electron chi connectivity index (χ4n) is 9.48. The molecule has 0 bridgehead atoms. The second-order valence-electron chi connectivity index (χ2n) is 20.6. The van der Waals surface area contributed by atoms with Gasteiger partial charge in [0.1, 0.15) is 134 Å². The van der Waals surface area contributed by atoms with E-state index in [0.29, 0.717) is 11.1 Å². The summed E-state index contributed by atoms with van der Waals surface area (Å²) in [7, 11) is 0. The van der Waals surface area contributed by atoms with Crippen molar-refractivity contribution in [1.29, 1.82) is 0 Å². The normalized spacial score (nSPS) is 32.6. The number of carbonyl (C=O) groups excluding carboxylic acids is 2. The Labute approximate surface area is 495 Å². The second-order valence-corrected chi connectivity index (χ2v) is 20.6. The molecule has 476 valence electrons. The summed E-state index contributed by atoms with van der Waals surface area (Å²) >= 11 is 0. The maximum Gasteiger partial charge on any atom is 0.330 e. The summed E-state index contributed by atoms with van der Waals surface area (Å²) < 4.78 is 63.1. The molecule has 3 aromatic rings. The van der Waals surface area contributed by atoms with E-state index in [0.717, 1.165) is 42.5 Å². The first-order valence-corrected chi connectivity index (χ1v) is 26.9. The molecular formula is C57H62O31. The molecule has 0 radical (unpaired) electrons. The van der Waals surface area contributed by atoms with Crippen LogP contribution in [0, 0.1) is 0 Å². The molecule has 17 N–H and O–H groups in total. The van der Waals surface area contributed by atoms with E-state index in [1.54, 1.807) is 0 Å². The van der Waals surface area contributed by atoms with Gasteiger partial charge in [-0.3, -0.25) is 4.79 Å². The third-order valence-corrected chi connectivity index (χ3v) is 14.5. The predicted molar refractivity (Wildman–Crippen MR) is 288 cm³/mol. The maximum atomic E-state index is 14.0. The van der Waals surface area contributed by atoms with Gasteiger partial charge in [-0.1, -0.05) is 24.3 Å². The molecule has 0 aromatic heterocycles. The summed E-state index contributed by atoms with van der Waals surface area (Å²) in [5.41, 5.74) is -0.812. The van der Waals surface area contributed by atoms with Crippen molar-refractivity contribution < 1.29 is 148 Å². The largest absolute Gasteiger partial charge is 0.508 e. The van der Waals surface area contributed by atoms with Crippen LogP contribution in [-0.2, 0) is 38.0 Å². The van der Waals surface area contributed by atoms with E-state index in [2.05, 4.69) is 0 Å². The van der Waals surface area contributed by atoms with Crippen molar-refractivity contribution in [3.63, 3.8) is 0 Å². The average Bonchev–Trinajstić information content (AvgIpc) is 1.49. The summed E-state index contributed by atoms with van der Waals surface area (Å²) in [5.74, 6) is -6.98. The van der Waals surface area contributed by atoms with Gasteiger partial charge in [-0.2, -0.15) is 0 Å². The highest BCUT2D eigenvalue weighted by molar-refractivity contribution is 5.87. The van der Waals surface area contributed by atoms with E-state index < -0.39 is 212 Å². The van der Waals surface area contributed by atoms with Crippen molar-refractivity contribution in [2.45, 2.75) is 123 Å². The van der Waals surface area contributed by atoms with Crippen LogP contribution in [-0.4, -0.2) is 248 Å². The van der Waals surface area contributed by atoms with Crippen LogP contribution in [0.5, 0.6) is 40.2 Å². The number of rotatable bonds is 19. The quantitative estimate of drug-likeness (QED) is 0.0275. The molecule has 88 heavy (non-hydrogen) atoms. The second kappa shape index (κ2) is 27.8. The lowest BCUT2D eigenvalue weighted by atomic mass is 9.99. The van der Waals surface area contributed by atoms with Crippen LogP contribution >= 0.6 is 0 Å². The standard InChI is InChI=1S/C57H62O31/c58-18-34-41(66)45(70)49(74)54(85-34)80-27-15-29(62)28-17-33(84-57-50(75)46(71)42(67)35(19-59)86-57)53(81-30(28)16-27)24-13-31(82-55-51(76)47(72)43(68)36(87-55)20-78-38(63)11-5-22-1-7-25(60)8-2-22)40(65)32(14-24)83-56-52(77)48(73)44(69)37(88-56)21-79-39(64)12-6-23-3-9-26(61)10-4-23/h1-17,34-37,41-52,54-61,65-77H,18-21H2/t34-,35+,36-,37-,41-,42-,43-,44-,45+,46-,47-,48+,49+,50-,51+,52+,54-,55-,56-,57-/m1/s1. The van der Waals surface area contributed by atoms with E-state index in [9.17, 15) is 101 Å². The lowest BCUT2D eigenvalue weighted by Crippen LogP contribution is -2.60. The van der Waals surface area contributed by atoms with E-state index in [4.69, 9.17) is 51.8 Å². The Balaban J connectivity index is 1.10. The Morgan fingerprint density at radius 2 is 0.818 bits per heavy atom. The SMILES string of the molecule is O=C(C=Cc1ccc(O)cc1)OC[C@H]1O[C@@H](Oc2cc(-c3oc4cc(O[C@@H]5O[C@H](CO)[C@@H](O)[C@H](O)[C@@H]5O)cc(=O)c-4cc3O[C@@H]3O[C@@H](CO)[C@@H](O)[C@@H](O)[C@H]3O)cc(O[C@@H]3O[C@H](COC(=O)C=Cc4ccc(O)cc4)[C@@H](O)[C@@H](O)[C@@H]3O)c2O)[C@@H](O)[C@@H](O)[C@@H]1O. The van der Waals surface area contributed by atoms with Crippen LogP contribution < -0.4 is 24.4 Å². The molecule has 0 unspecified atom stereocenters. The summed E-state index contributed by atoms with van der Waals surface area (Å²) in [6.45, 7) is -3.41. The average molecular weight is 1240 g/mol. The highest BCUT2D eigenvalue weighted by atomic mass is 16.7. The number of phenols is 3. The van der Waals surface area contributed by atoms with E-state index in [1.165, 1.54) is 60.7 Å². The molecular weight excluding hydrogens is 1180 g/mol. The number of phenolic OH excluding ortho intramolecular Hbond substituents is 3. The molecule has 4 fully saturated rings. The smallest absolute Gasteiger partial charge is 0.330 e. The summed E-state index contributed by atoms with van der Waals surface area (Å²) in [6, 6.07) is 16.0. The summed E-state index contributed by atoms with van der Waals surface area (Å²) in [4.78, 5) is 39.5. The third-order valence-electron chi connectivity index (χ3n) is 14.5. The fraction of sp³-hybridized carbons (Fsp3) is 0.421. The Kier molecular flexibility index (Phi) is 20.5. The van der Waals surface area contributed by atoms with Crippen LogP contribution in [0.3, 0.4) is 0 Å². The molecule has 6 aliphatic rings. The molecule has 5 aliphatic heterocycles. The van der Waals surface area contributed by atoms with E-state index in [-0.39, 0.29) is 17.1 Å². The van der Waals surface area contributed by atoms with Gasteiger partial charge >= 0.3 is 11.9 Å². The molecule has 4 saturated heterocycles. The molecule has 31 heteroatoms. The van der Waals surface area contributed by atoms with Crippen molar-refractivity contribution in [2.75, 3.05) is 26.4 Å². The molecule has 0 spiro atoms. The van der Waals surface area contributed by atoms with Gasteiger partial charge in [0.2, 0.25) is 30.9 Å². The highest BCUT2D eigenvalue weighted by Gasteiger charge is 2.50. The van der Waals surface area contributed by atoms with E-state index >= 15 is 0 Å². The van der Waals surface area contributed by atoms with Gasteiger partial charge in [0, 0.05) is 29.8 Å². The maximum absolute atomic E-state index is 14.0. The minimum Gasteiger partial charge on any atom is -0.508 e. The van der Waals surface area contributed by atoms with Gasteiger partial charge in [-0.05, 0) is 65.7 Å². The van der Waals surface area contributed by atoms with Crippen LogP contribution in [0.15, 0.2) is 100 Å². The van der Waals surface area contributed by atoms with Crippen LogP contribution in [0.2, 0.25) is 0 Å². The van der Waals surface area contributed by atoms with Crippen molar-refractivity contribution in [3.8, 4) is 62.9 Å². The van der Waals surface area contributed by atoms with Crippen molar-refractivity contribution in [2.24, 2.45) is 0 Å². The van der Waals surface area contributed by atoms with Crippen molar-refractivity contribution in [3.05, 3.63) is 112 Å². The number of benzene rings is 4. The minimum absolute atomic E-state index is 0.0435. The zero-order valence-corrected chi connectivity index (χ0v) is 45.5. The number of hydrogen-bond donors (Lipinski definition) is 17. The van der Waals surface area contributed by atoms with Crippen molar-refractivity contribution in [1.82, 2.24) is 0 Å². The van der Waals surface area contributed by atoms with Gasteiger partial charge in [0.15, 0.2) is 28.4 Å². The van der Waals surface area contributed by atoms with Crippen LogP contribution in [0.1, 0.15) is 11.1 Å². The first-order valence-electron chi connectivity index (χ1n) is 26.9. The van der Waals surface area contributed by atoms with E-state index in [1.807, 2.05) is 0 Å². The lowest BCUT2D eigenvalue weighted by Gasteiger charge is -2.40. The van der Waals surface area contributed by atoms with Gasteiger partial charge < -0.3 is 139 Å². The topological polar surface area (TPSA) is 501 Å².